The molecule has 0 saturated heterocycles. The fraction of sp³-hybridized carbons (Fsp3) is 0.692. The molecular weight excluding hydrogens is 376 g/mol. The molecule has 0 bridgehead atoms. The summed E-state index contributed by atoms with van der Waals surface area (Å²) in [4.78, 5) is 0. The first kappa shape index (κ1) is 20.5. The summed E-state index contributed by atoms with van der Waals surface area (Å²) in [6.07, 6.45) is 10.3. The first-order chi connectivity index (χ1) is 14.2. The predicted molar refractivity (Wildman–Crippen MR) is 116 cm³/mol. The summed E-state index contributed by atoms with van der Waals surface area (Å²) in [6, 6.07) is 7.61. The maximum absolute atomic E-state index is 12.2. The summed E-state index contributed by atoms with van der Waals surface area (Å²) in [5, 5.41) is 34.4. The van der Waals surface area contributed by atoms with E-state index in [0.717, 1.165) is 56.3 Å². The van der Waals surface area contributed by atoms with Gasteiger partial charge in [-0.05, 0) is 91.9 Å². The van der Waals surface area contributed by atoms with Crippen molar-refractivity contribution < 1.29 is 20.1 Å². The molecule has 4 aliphatic carbocycles. The Bertz CT molecular complexity index is 849. The van der Waals surface area contributed by atoms with Gasteiger partial charge in [0.25, 0.3) is 0 Å². The standard InChI is InChI=1S/C26H36O4/c1-23-12-10-19(27)16-18(23)6-9-22-21(23)11-13-24(2)25(28,14-15-26(22,24)29)17-4-7-20(30-3)8-5-17/h4-5,7-8,14-15,18-19,21-22,27-29H,6,9-13,16H2,1-3H3/t18-,19+,21+,22-,23+,24-,25+,26+/m1/s1. The van der Waals surface area contributed by atoms with Crippen molar-refractivity contribution in [3.8, 4) is 5.75 Å². The normalized spacial score (nSPS) is 49.8. The van der Waals surface area contributed by atoms with Crippen LogP contribution in [0.2, 0.25) is 0 Å². The molecule has 0 spiro atoms. The zero-order valence-electron chi connectivity index (χ0n) is 18.5. The van der Waals surface area contributed by atoms with Crippen molar-refractivity contribution in [1.82, 2.24) is 0 Å². The minimum absolute atomic E-state index is 0.149. The lowest BCUT2D eigenvalue weighted by Crippen LogP contribution is -2.65. The average molecular weight is 413 g/mol. The smallest absolute Gasteiger partial charge is 0.118 e. The quantitative estimate of drug-likeness (QED) is 0.638. The van der Waals surface area contributed by atoms with Crippen molar-refractivity contribution in [3.05, 3.63) is 42.0 Å². The van der Waals surface area contributed by atoms with Crippen LogP contribution >= 0.6 is 0 Å². The number of rotatable bonds is 2. The number of aliphatic hydroxyl groups excluding tert-OH is 1. The van der Waals surface area contributed by atoms with E-state index in [0.29, 0.717) is 11.8 Å². The van der Waals surface area contributed by atoms with Crippen LogP contribution in [0.3, 0.4) is 0 Å². The molecule has 3 N–H and O–H groups in total. The summed E-state index contributed by atoms with van der Waals surface area (Å²) < 4.78 is 5.29. The van der Waals surface area contributed by atoms with Gasteiger partial charge in [0.1, 0.15) is 11.4 Å². The lowest BCUT2D eigenvalue weighted by Gasteiger charge is -2.64. The maximum atomic E-state index is 12.2. The van der Waals surface area contributed by atoms with E-state index in [9.17, 15) is 15.3 Å². The van der Waals surface area contributed by atoms with Gasteiger partial charge in [-0.15, -0.1) is 0 Å². The molecule has 1 aromatic rings. The van der Waals surface area contributed by atoms with E-state index in [1.165, 1.54) is 0 Å². The second-order valence-electron chi connectivity index (χ2n) is 10.9. The topological polar surface area (TPSA) is 69.9 Å². The van der Waals surface area contributed by atoms with E-state index >= 15 is 0 Å². The van der Waals surface area contributed by atoms with E-state index in [-0.39, 0.29) is 17.4 Å². The highest BCUT2D eigenvalue weighted by molar-refractivity contribution is 5.43. The van der Waals surface area contributed by atoms with E-state index in [1.807, 2.05) is 36.4 Å². The highest BCUT2D eigenvalue weighted by atomic mass is 16.5. The fourth-order valence-corrected chi connectivity index (χ4v) is 7.98. The molecule has 3 fully saturated rings. The van der Waals surface area contributed by atoms with Gasteiger partial charge in [0, 0.05) is 5.41 Å². The highest BCUT2D eigenvalue weighted by Gasteiger charge is 2.70. The number of hydrogen-bond acceptors (Lipinski definition) is 4. The average Bonchev–Trinajstić information content (AvgIpc) is 2.96. The largest absolute Gasteiger partial charge is 0.497 e. The number of methoxy groups -OCH3 is 1. The van der Waals surface area contributed by atoms with Crippen LogP contribution in [0.5, 0.6) is 5.75 Å². The summed E-state index contributed by atoms with van der Waals surface area (Å²) in [5.74, 6) is 1.89. The number of ether oxygens (including phenoxy) is 1. The van der Waals surface area contributed by atoms with Gasteiger partial charge in [0.05, 0.1) is 18.8 Å². The molecule has 0 aromatic heterocycles. The second kappa shape index (κ2) is 6.57. The number of benzene rings is 1. The first-order valence-corrected chi connectivity index (χ1v) is 11.7. The number of fused-ring (bicyclic) bond motifs is 5. The van der Waals surface area contributed by atoms with Gasteiger partial charge < -0.3 is 20.1 Å². The zero-order chi connectivity index (χ0) is 21.4. The summed E-state index contributed by atoms with van der Waals surface area (Å²) in [7, 11) is 1.64. The fourth-order valence-electron chi connectivity index (χ4n) is 7.98. The molecule has 1 aromatic carbocycles. The lowest BCUT2D eigenvalue weighted by atomic mass is 9.42. The minimum atomic E-state index is -1.19. The van der Waals surface area contributed by atoms with Crippen molar-refractivity contribution in [1.29, 1.82) is 0 Å². The van der Waals surface area contributed by atoms with Crippen LogP contribution < -0.4 is 4.74 Å². The molecule has 3 saturated carbocycles. The summed E-state index contributed by atoms with van der Waals surface area (Å²) in [5.41, 5.74) is -1.88. The third kappa shape index (κ3) is 2.44. The Hall–Kier alpha value is -1.36. The van der Waals surface area contributed by atoms with Gasteiger partial charge in [-0.3, -0.25) is 0 Å². The Balaban J connectivity index is 1.51. The molecule has 8 atom stereocenters. The molecule has 164 valence electrons. The van der Waals surface area contributed by atoms with Crippen LogP contribution in [0.25, 0.3) is 0 Å². The molecule has 4 aliphatic rings. The van der Waals surface area contributed by atoms with E-state index in [4.69, 9.17) is 4.74 Å². The Morgan fingerprint density at radius 2 is 1.63 bits per heavy atom. The molecule has 4 heteroatoms. The van der Waals surface area contributed by atoms with E-state index in [1.54, 1.807) is 7.11 Å². The maximum Gasteiger partial charge on any atom is 0.118 e. The molecule has 0 unspecified atom stereocenters. The van der Waals surface area contributed by atoms with Crippen molar-refractivity contribution in [2.24, 2.45) is 28.6 Å². The molecule has 0 radical (unpaired) electrons. The molecular formula is C26H36O4. The highest BCUT2D eigenvalue weighted by Crippen LogP contribution is 2.69. The van der Waals surface area contributed by atoms with Crippen molar-refractivity contribution in [2.75, 3.05) is 7.11 Å². The number of aliphatic hydroxyl groups is 3. The van der Waals surface area contributed by atoms with Crippen LogP contribution in [-0.4, -0.2) is 34.1 Å². The summed E-state index contributed by atoms with van der Waals surface area (Å²) >= 11 is 0. The molecule has 30 heavy (non-hydrogen) atoms. The number of hydrogen-bond donors (Lipinski definition) is 3. The van der Waals surface area contributed by atoms with Crippen molar-refractivity contribution in [2.45, 2.75) is 76.1 Å². The molecule has 0 amide bonds. The Labute approximate surface area is 180 Å². The Morgan fingerprint density at radius 3 is 2.33 bits per heavy atom. The third-order valence-electron chi connectivity index (χ3n) is 10.0. The van der Waals surface area contributed by atoms with E-state index < -0.39 is 16.6 Å². The first-order valence-electron chi connectivity index (χ1n) is 11.7. The van der Waals surface area contributed by atoms with Gasteiger partial charge in [-0.1, -0.05) is 32.1 Å². The van der Waals surface area contributed by atoms with Gasteiger partial charge in [0.15, 0.2) is 0 Å². The summed E-state index contributed by atoms with van der Waals surface area (Å²) in [6.45, 7) is 4.48. The van der Waals surface area contributed by atoms with E-state index in [2.05, 4.69) is 13.8 Å². The van der Waals surface area contributed by atoms with Gasteiger partial charge in [0.2, 0.25) is 0 Å². The zero-order valence-corrected chi connectivity index (χ0v) is 18.5. The van der Waals surface area contributed by atoms with Crippen LogP contribution in [0, 0.1) is 28.6 Å². The minimum Gasteiger partial charge on any atom is -0.497 e. The van der Waals surface area contributed by atoms with Crippen LogP contribution in [-0.2, 0) is 5.60 Å². The molecule has 0 heterocycles. The van der Waals surface area contributed by atoms with Gasteiger partial charge in [-0.25, -0.2) is 0 Å². The predicted octanol–water partition coefficient (Wildman–Crippen LogP) is 4.18. The van der Waals surface area contributed by atoms with Crippen LogP contribution in [0.15, 0.2) is 36.4 Å². The molecule has 0 aliphatic heterocycles. The molecule has 5 rings (SSSR count). The molecule has 4 nitrogen and oxygen atoms in total. The Morgan fingerprint density at radius 1 is 0.900 bits per heavy atom. The van der Waals surface area contributed by atoms with Crippen molar-refractivity contribution in [3.63, 3.8) is 0 Å². The van der Waals surface area contributed by atoms with Crippen LogP contribution in [0.4, 0.5) is 0 Å². The van der Waals surface area contributed by atoms with Crippen LogP contribution in [0.1, 0.15) is 64.4 Å². The SMILES string of the molecule is COc1ccc([C@@]2(O)C=C[C@]3(O)[C@@H]4CC[C@@H]5C[C@@H](O)CC[C@]5(C)[C@H]4CC[C@]23C)cc1. The second-order valence-corrected chi connectivity index (χ2v) is 10.9. The Kier molecular flexibility index (Phi) is 4.50. The monoisotopic (exact) mass is 412 g/mol. The van der Waals surface area contributed by atoms with Gasteiger partial charge in [-0.2, -0.15) is 0 Å². The van der Waals surface area contributed by atoms with Gasteiger partial charge >= 0.3 is 0 Å². The van der Waals surface area contributed by atoms with Crippen molar-refractivity contribution >= 4 is 0 Å². The lowest BCUT2D eigenvalue weighted by molar-refractivity contribution is -0.227. The third-order valence-corrected chi connectivity index (χ3v) is 10.0.